The first kappa shape index (κ1) is 12.5. The van der Waals surface area contributed by atoms with Gasteiger partial charge in [-0.2, -0.15) is 0 Å². The van der Waals surface area contributed by atoms with Crippen molar-refractivity contribution in [2.75, 3.05) is 0 Å². The van der Waals surface area contributed by atoms with Gasteiger partial charge < -0.3 is 10.5 Å². The zero-order chi connectivity index (χ0) is 13.1. The van der Waals surface area contributed by atoms with Gasteiger partial charge in [0, 0.05) is 6.07 Å². The summed E-state index contributed by atoms with van der Waals surface area (Å²) in [6.45, 7) is 0. The van der Waals surface area contributed by atoms with Gasteiger partial charge >= 0.3 is 0 Å². The summed E-state index contributed by atoms with van der Waals surface area (Å²) in [5.41, 5.74) is 5.66. The van der Waals surface area contributed by atoms with Crippen molar-refractivity contribution in [3.63, 3.8) is 0 Å². The van der Waals surface area contributed by atoms with E-state index in [1.807, 2.05) is 0 Å². The lowest BCUT2D eigenvalue weighted by atomic mass is 10.3. The van der Waals surface area contributed by atoms with E-state index in [0.717, 1.165) is 0 Å². The average Bonchev–Trinajstić information content (AvgIpc) is 2.34. The second-order valence-corrected chi connectivity index (χ2v) is 4.31. The number of halogens is 2. The molecule has 1 heterocycles. The Hall–Kier alpha value is -1.95. The van der Waals surface area contributed by atoms with Crippen LogP contribution in [0.25, 0.3) is 0 Å². The summed E-state index contributed by atoms with van der Waals surface area (Å²) in [5.74, 6) is 0.228. The van der Waals surface area contributed by atoms with E-state index < -0.39 is 0 Å². The van der Waals surface area contributed by atoms with E-state index in [-0.39, 0.29) is 11.7 Å². The van der Waals surface area contributed by atoms with Crippen LogP contribution in [0.1, 0.15) is 5.69 Å². The molecule has 0 saturated heterocycles. The minimum absolute atomic E-state index is 0.138. The number of nitrogens with zero attached hydrogens (tertiary/aromatic N) is 1. The molecule has 3 N–H and O–H groups in total. The van der Waals surface area contributed by atoms with Gasteiger partial charge in [-0.15, -0.1) is 0 Å². The lowest BCUT2D eigenvalue weighted by Crippen LogP contribution is -2.13. The fourth-order valence-corrected chi connectivity index (χ4v) is 1.64. The van der Waals surface area contributed by atoms with Crippen molar-refractivity contribution in [2.24, 2.45) is 5.73 Å². The first-order valence-electron chi connectivity index (χ1n) is 5.00. The second-order valence-electron chi connectivity index (χ2n) is 3.45. The summed E-state index contributed by atoms with van der Waals surface area (Å²) in [6, 6.07) is 9.19. The van der Waals surface area contributed by atoms with Gasteiger partial charge in [0.15, 0.2) is 0 Å². The highest BCUT2D eigenvalue weighted by molar-refractivity contribution is 9.10. The molecule has 0 amide bonds. The first-order chi connectivity index (χ1) is 8.56. The zero-order valence-corrected chi connectivity index (χ0v) is 10.7. The van der Waals surface area contributed by atoms with Gasteiger partial charge in [0.1, 0.15) is 23.1 Å². The van der Waals surface area contributed by atoms with Gasteiger partial charge in [-0.05, 0) is 40.2 Å². The maximum atomic E-state index is 13.0. The van der Waals surface area contributed by atoms with Gasteiger partial charge in [0.25, 0.3) is 0 Å². The Morgan fingerprint density at radius 1 is 1.33 bits per heavy atom. The standard InChI is InChI=1S/C12H9BrFN3O/c13-8-6-7(4-5-9(8)14)18-11-3-1-2-10(17-11)12(15)16/h1-6H,(H3,15,16). The molecular formula is C12H9BrFN3O. The average molecular weight is 310 g/mol. The van der Waals surface area contributed by atoms with E-state index in [0.29, 0.717) is 21.8 Å². The molecule has 0 fully saturated rings. The summed E-state index contributed by atoms with van der Waals surface area (Å²) in [6.07, 6.45) is 0. The molecule has 1 aromatic carbocycles. The Kier molecular flexibility index (Phi) is 3.57. The van der Waals surface area contributed by atoms with Crippen molar-refractivity contribution in [3.8, 4) is 11.6 Å². The van der Waals surface area contributed by atoms with Crippen LogP contribution in [0.4, 0.5) is 4.39 Å². The quantitative estimate of drug-likeness (QED) is 0.676. The fraction of sp³-hybridized carbons (Fsp3) is 0. The van der Waals surface area contributed by atoms with Crippen molar-refractivity contribution >= 4 is 21.8 Å². The van der Waals surface area contributed by atoms with Crippen molar-refractivity contribution < 1.29 is 9.13 Å². The summed E-state index contributed by atoms with van der Waals surface area (Å²) in [7, 11) is 0. The molecule has 0 unspecified atom stereocenters. The highest BCUT2D eigenvalue weighted by atomic mass is 79.9. The van der Waals surface area contributed by atoms with Gasteiger partial charge in [-0.3, -0.25) is 5.41 Å². The molecule has 2 aromatic rings. The van der Waals surface area contributed by atoms with Crippen LogP contribution in [0.15, 0.2) is 40.9 Å². The largest absolute Gasteiger partial charge is 0.439 e. The van der Waals surface area contributed by atoms with Crippen LogP contribution < -0.4 is 10.5 Å². The highest BCUT2D eigenvalue weighted by Gasteiger charge is 2.05. The van der Waals surface area contributed by atoms with Gasteiger partial charge in [0.2, 0.25) is 5.88 Å². The van der Waals surface area contributed by atoms with Crippen molar-refractivity contribution in [1.82, 2.24) is 4.98 Å². The summed E-state index contributed by atoms with van der Waals surface area (Å²) in [4.78, 5) is 4.04. The molecule has 92 valence electrons. The Labute approximate surface area is 111 Å². The maximum Gasteiger partial charge on any atom is 0.219 e. The Morgan fingerprint density at radius 2 is 2.11 bits per heavy atom. The third kappa shape index (κ3) is 2.84. The van der Waals surface area contributed by atoms with E-state index in [2.05, 4.69) is 20.9 Å². The molecule has 0 spiro atoms. The van der Waals surface area contributed by atoms with Gasteiger partial charge in [0.05, 0.1) is 4.47 Å². The monoisotopic (exact) mass is 309 g/mol. The van der Waals surface area contributed by atoms with E-state index in [1.54, 1.807) is 18.2 Å². The molecule has 4 nitrogen and oxygen atoms in total. The number of amidine groups is 1. The first-order valence-corrected chi connectivity index (χ1v) is 5.80. The van der Waals surface area contributed by atoms with Gasteiger partial charge in [-0.1, -0.05) is 6.07 Å². The van der Waals surface area contributed by atoms with E-state index in [9.17, 15) is 4.39 Å². The number of rotatable bonds is 3. The molecule has 0 aliphatic carbocycles. The normalized spacial score (nSPS) is 10.1. The minimum Gasteiger partial charge on any atom is -0.439 e. The number of hydrogen-bond acceptors (Lipinski definition) is 3. The molecule has 0 aliphatic rings. The smallest absolute Gasteiger partial charge is 0.219 e. The topological polar surface area (TPSA) is 72.0 Å². The predicted molar refractivity (Wildman–Crippen MR) is 69.4 cm³/mol. The van der Waals surface area contributed by atoms with Crippen LogP contribution in [0.3, 0.4) is 0 Å². The van der Waals surface area contributed by atoms with Crippen LogP contribution in [0.2, 0.25) is 0 Å². The molecule has 6 heteroatoms. The Balaban J connectivity index is 2.25. The number of pyridine rings is 1. The predicted octanol–water partition coefficient (Wildman–Crippen LogP) is 3.06. The molecule has 0 aliphatic heterocycles. The Morgan fingerprint density at radius 3 is 2.78 bits per heavy atom. The van der Waals surface area contributed by atoms with Crippen LogP contribution in [0, 0.1) is 11.2 Å². The lowest BCUT2D eigenvalue weighted by molar-refractivity contribution is 0.460. The molecule has 18 heavy (non-hydrogen) atoms. The maximum absolute atomic E-state index is 13.0. The molecule has 0 saturated carbocycles. The van der Waals surface area contributed by atoms with E-state index in [4.69, 9.17) is 15.9 Å². The number of hydrogen-bond donors (Lipinski definition) is 2. The minimum atomic E-state index is -0.368. The third-order valence-corrected chi connectivity index (χ3v) is 2.72. The number of benzene rings is 1. The van der Waals surface area contributed by atoms with Crippen molar-refractivity contribution in [2.45, 2.75) is 0 Å². The number of nitrogen functional groups attached to an aromatic ring is 1. The summed E-state index contributed by atoms with van der Waals surface area (Å²) < 4.78 is 18.8. The molecule has 1 aromatic heterocycles. The van der Waals surface area contributed by atoms with Crippen LogP contribution in [-0.2, 0) is 0 Å². The van der Waals surface area contributed by atoms with Crippen molar-refractivity contribution in [3.05, 3.63) is 52.4 Å². The molecule has 0 atom stereocenters. The van der Waals surface area contributed by atoms with E-state index in [1.165, 1.54) is 18.2 Å². The molecule has 0 bridgehead atoms. The number of nitrogens with one attached hydrogen (secondary N) is 1. The Bertz CT molecular complexity index is 604. The van der Waals surface area contributed by atoms with E-state index >= 15 is 0 Å². The van der Waals surface area contributed by atoms with Crippen molar-refractivity contribution in [1.29, 1.82) is 5.41 Å². The van der Waals surface area contributed by atoms with Crippen LogP contribution in [-0.4, -0.2) is 10.8 Å². The number of ether oxygens (including phenoxy) is 1. The summed E-state index contributed by atoms with van der Waals surface area (Å²) in [5, 5.41) is 7.28. The van der Waals surface area contributed by atoms with Crippen LogP contribution >= 0.6 is 15.9 Å². The second kappa shape index (κ2) is 5.14. The number of aromatic nitrogens is 1. The molecule has 0 radical (unpaired) electrons. The zero-order valence-electron chi connectivity index (χ0n) is 9.15. The molecule has 2 rings (SSSR count). The summed E-state index contributed by atoms with van der Waals surface area (Å²) >= 11 is 3.07. The fourth-order valence-electron chi connectivity index (χ4n) is 1.28. The van der Waals surface area contributed by atoms with Gasteiger partial charge in [-0.25, -0.2) is 9.37 Å². The third-order valence-electron chi connectivity index (χ3n) is 2.11. The van der Waals surface area contributed by atoms with Crippen LogP contribution in [0.5, 0.6) is 11.6 Å². The SMILES string of the molecule is N=C(N)c1cccc(Oc2ccc(F)c(Br)c2)n1. The highest BCUT2D eigenvalue weighted by Crippen LogP contribution is 2.25. The lowest BCUT2D eigenvalue weighted by Gasteiger charge is -2.06. The number of nitrogens with two attached hydrogens (primary N) is 1. The molecular weight excluding hydrogens is 301 g/mol.